The van der Waals surface area contributed by atoms with Crippen molar-refractivity contribution in [3.63, 3.8) is 0 Å². The molecule has 0 saturated carbocycles. The van der Waals surface area contributed by atoms with Crippen molar-refractivity contribution >= 4 is 23.4 Å². The molecule has 0 radical (unpaired) electrons. The molecule has 1 aliphatic rings. The maximum atomic E-state index is 12.8. The number of hydrogen-bond donors (Lipinski definition) is 1. The van der Waals surface area contributed by atoms with E-state index in [0.717, 1.165) is 17.0 Å². The van der Waals surface area contributed by atoms with Crippen molar-refractivity contribution in [3.8, 4) is 5.75 Å². The first-order chi connectivity index (χ1) is 14.5. The second-order valence-electron chi connectivity index (χ2n) is 7.33. The van der Waals surface area contributed by atoms with Crippen molar-refractivity contribution in [2.45, 2.75) is 25.7 Å². The molecule has 5 nitrogen and oxygen atoms in total. The van der Waals surface area contributed by atoms with Gasteiger partial charge in [-0.2, -0.15) is 0 Å². The van der Waals surface area contributed by atoms with E-state index in [0.29, 0.717) is 34.7 Å². The van der Waals surface area contributed by atoms with E-state index in [9.17, 15) is 9.59 Å². The van der Waals surface area contributed by atoms with Gasteiger partial charge in [-0.05, 0) is 48.6 Å². The summed E-state index contributed by atoms with van der Waals surface area (Å²) in [6, 6.07) is 16.9. The number of Topliss-reactive ketones (excluding diaryl/α,β-unsaturated/α-hetero) is 1. The van der Waals surface area contributed by atoms with Crippen LogP contribution in [0, 0.1) is 6.92 Å². The van der Waals surface area contributed by atoms with Crippen LogP contribution in [0.15, 0.2) is 54.6 Å². The lowest BCUT2D eigenvalue weighted by Crippen LogP contribution is -2.18. The van der Waals surface area contributed by atoms with Crippen LogP contribution >= 0.6 is 11.6 Å². The summed E-state index contributed by atoms with van der Waals surface area (Å²) in [5, 5.41) is 0.653. The van der Waals surface area contributed by atoms with E-state index in [1.165, 1.54) is 0 Å². The maximum absolute atomic E-state index is 12.8. The number of carbonyl (C=O) groups excluding carboxylic acids is 2. The highest BCUT2D eigenvalue weighted by Crippen LogP contribution is 2.37. The summed E-state index contributed by atoms with van der Waals surface area (Å²) in [6.45, 7) is 2.15. The van der Waals surface area contributed by atoms with Crippen molar-refractivity contribution in [2.24, 2.45) is 0 Å². The second-order valence-corrected chi connectivity index (χ2v) is 7.73. The predicted molar refractivity (Wildman–Crippen MR) is 115 cm³/mol. The van der Waals surface area contributed by atoms with Crippen molar-refractivity contribution < 1.29 is 19.1 Å². The highest BCUT2D eigenvalue weighted by molar-refractivity contribution is 6.31. The zero-order valence-electron chi connectivity index (χ0n) is 16.6. The van der Waals surface area contributed by atoms with Gasteiger partial charge in [0.25, 0.3) is 0 Å². The first kappa shape index (κ1) is 20.2. The summed E-state index contributed by atoms with van der Waals surface area (Å²) < 4.78 is 10.9. The maximum Gasteiger partial charge on any atom is 0.355 e. The fourth-order valence-corrected chi connectivity index (χ4v) is 4.24. The van der Waals surface area contributed by atoms with Gasteiger partial charge in [0, 0.05) is 22.7 Å². The second kappa shape index (κ2) is 8.76. The number of ketones is 1. The lowest BCUT2D eigenvalue weighted by Gasteiger charge is -2.22. The number of nitrogens with one attached hydrogen (secondary N) is 1. The van der Waals surface area contributed by atoms with Gasteiger partial charge in [-0.3, -0.25) is 4.79 Å². The number of aromatic nitrogens is 1. The monoisotopic (exact) mass is 423 g/mol. The van der Waals surface area contributed by atoms with E-state index in [-0.39, 0.29) is 24.9 Å². The van der Waals surface area contributed by atoms with Crippen molar-refractivity contribution in [1.29, 1.82) is 0 Å². The number of H-pyrrole nitrogens is 1. The summed E-state index contributed by atoms with van der Waals surface area (Å²) in [6.07, 6.45) is 0.991. The number of rotatable bonds is 6. The number of ether oxygens (including phenoxy) is 2. The third-order valence-corrected chi connectivity index (χ3v) is 5.71. The summed E-state index contributed by atoms with van der Waals surface area (Å²) in [4.78, 5) is 28.5. The zero-order valence-corrected chi connectivity index (χ0v) is 17.4. The van der Waals surface area contributed by atoms with Gasteiger partial charge in [-0.1, -0.05) is 48.0 Å². The van der Waals surface area contributed by atoms with Crippen LogP contribution < -0.4 is 4.74 Å². The molecule has 1 heterocycles. The number of para-hydroxylation sites is 1. The largest absolute Gasteiger partial charge is 0.490 e. The fourth-order valence-electron chi connectivity index (χ4n) is 3.95. The normalized spacial score (nSPS) is 15.5. The van der Waals surface area contributed by atoms with Gasteiger partial charge in [-0.25, -0.2) is 4.79 Å². The van der Waals surface area contributed by atoms with Gasteiger partial charge >= 0.3 is 5.97 Å². The van der Waals surface area contributed by atoms with Crippen LogP contribution in [-0.4, -0.2) is 30.0 Å². The minimum Gasteiger partial charge on any atom is -0.490 e. The van der Waals surface area contributed by atoms with E-state index in [2.05, 4.69) is 4.98 Å². The Morgan fingerprint density at radius 2 is 1.80 bits per heavy atom. The third kappa shape index (κ3) is 4.12. The third-order valence-electron chi connectivity index (χ3n) is 5.37. The van der Waals surface area contributed by atoms with E-state index in [1.807, 2.05) is 54.6 Å². The molecule has 2 aromatic carbocycles. The molecule has 6 heteroatoms. The van der Waals surface area contributed by atoms with Crippen LogP contribution in [0.1, 0.15) is 50.0 Å². The molecule has 1 atom stereocenters. The first-order valence-corrected chi connectivity index (χ1v) is 10.3. The molecule has 0 bridgehead atoms. The quantitative estimate of drug-likeness (QED) is 0.441. The molecule has 3 aromatic rings. The van der Waals surface area contributed by atoms with Gasteiger partial charge in [0.05, 0.1) is 0 Å². The van der Waals surface area contributed by atoms with E-state index < -0.39 is 5.97 Å². The number of benzene rings is 2. The zero-order chi connectivity index (χ0) is 21.1. The highest BCUT2D eigenvalue weighted by Gasteiger charge is 2.32. The van der Waals surface area contributed by atoms with Gasteiger partial charge in [-0.15, -0.1) is 0 Å². The number of esters is 1. The minimum absolute atomic E-state index is 0.0140. The Morgan fingerprint density at radius 3 is 2.57 bits per heavy atom. The first-order valence-electron chi connectivity index (χ1n) is 9.88. The molecule has 0 unspecified atom stereocenters. The molecule has 0 amide bonds. The van der Waals surface area contributed by atoms with Gasteiger partial charge in [0.2, 0.25) is 0 Å². The summed E-state index contributed by atoms with van der Waals surface area (Å²) in [5.74, 6) is 0.234. The Bertz CT molecular complexity index is 1070. The van der Waals surface area contributed by atoms with Crippen LogP contribution in [-0.2, 0) is 11.2 Å². The lowest BCUT2D eigenvalue weighted by atomic mass is 9.81. The van der Waals surface area contributed by atoms with Crippen LogP contribution in [0.3, 0.4) is 0 Å². The van der Waals surface area contributed by atoms with E-state index >= 15 is 0 Å². The Hall–Kier alpha value is -3.05. The average Bonchev–Trinajstić information content (AvgIpc) is 3.09. The molecule has 154 valence electrons. The van der Waals surface area contributed by atoms with Crippen molar-refractivity contribution in [1.82, 2.24) is 4.98 Å². The molecule has 1 aliphatic carbocycles. The molecule has 30 heavy (non-hydrogen) atoms. The topological polar surface area (TPSA) is 68.4 Å². The van der Waals surface area contributed by atoms with Gasteiger partial charge in [0.1, 0.15) is 24.7 Å². The van der Waals surface area contributed by atoms with Crippen LogP contribution in [0.5, 0.6) is 5.75 Å². The molecule has 0 spiro atoms. The van der Waals surface area contributed by atoms with E-state index in [1.54, 1.807) is 6.92 Å². The number of carbonyl (C=O) groups is 2. The minimum atomic E-state index is -0.486. The number of fused-ring (bicyclic) bond motifs is 1. The average molecular weight is 424 g/mol. The predicted octanol–water partition coefficient (Wildman–Crippen LogP) is 5.13. The smallest absolute Gasteiger partial charge is 0.355 e. The Kier molecular flexibility index (Phi) is 5.91. The molecule has 0 aliphatic heterocycles. The van der Waals surface area contributed by atoms with Gasteiger partial charge in [0.15, 0.2) is 5.78 Å². The Balaban J connectivity index is 1.44. The number of halogens is 1. The lowest BCUT2D eigenvalue weighted by molar-refractivity contribution is 0.0443. The highest BCUT2D eigenvalue weighted by atomic mass is 35.5. The van der Waals surface area contributed by atoms with Crippen molar-refractivity contribution in [2.75, 3.05) is 13.2 Å². The standard InChI is InChI=1S/C24H22ClNO4/c1-15-22-20(13-16(14-21(22)27)18-9-5-6-10-19(18)25)26-23(15)24(28)30-12-11-29-17-7-3-2-4-8-17/h2-10,16,26H,11-14H2,1H3/t16-/m0/s1. The summed E-state index contributed by atoms with van der Waals surface area (Å²) >= 11 is 6.33. The molecular formula is C24H22ClNO4. The van der Waals surface area contributed by atoms with Crippen LogP contribution in [0.4, 0.5) is 0 Å². The molecule has 0 saturated heterocycles. The van der Waals surface area contributed by atoms with Crippen LogP contribution in [0.25, 0.3) is 0 Å². The summed E-state index contributed by atoms with van der Waals surface area (Å²) in [5.41, 5.74) is 3.29. The molecular weight excluding hydrogens is 402 g/mol. The fraction of sp³-hybridized carbons (Fsp3) is 0.250. The molecule has 0 fully saturated rings. The molecule has 1 aromatic heterocycles. The van der Waals surface area contributed by atoms with Gasteiger partial charge < -0.3 is 14.5 Å². The van der Waals surface area contributed by atoms with E-state index in [4.69, 9.17) is 21.1 Å². The molecule has 1 N–H and O–H groups in total. The molecule has 4 rings (SSSR count). The van der Waals surface area contributed by atoms with Crippen molar-refractivity contribution in [3.05, 3.63) is 87.7 Å². The summed E-state index contributed by atoms with van der Waals surface area (Å²) in [7, 11) is 0. The van der Waals surface area contributed by atoms with Crippen LogP contribution in [0.2, 0.25) is 5.02 Å². The number of aromatic amines is 1. The Morgan fingerprint density at radius 1 is 1.07 bits per heavy atom. The Labute approximate surface area is 180 Å². The SMILES string of the molecule is Cc1c(C(=O)OCCOc2ccccc2)[nH]c2c1C(=O)C[C@@H](c1ccccc1Cl)C2. The number of hydrogen-bond acceptors (Lipinski definition) is 4.